The van der Waals surface area contributed by atoms with E-state index in [-0.39, 0.29) is 18.0 Å². The highest BCUT2D eigenvalue weighted by molar-refractivity contribution is 5.86. The van der Waals surface area contributed by atoms with Gasteiger partial charge in [0.25, 0.3) is 0 Å². The molecule has 0 aromatic heterocycles. The maximum absolute atomic E-state index is 13.2. The van der Waals surface area contributed by atoms with Crippen LogP contribution >= 0.6 is 0 Å². The van der Waals surface area contributed by atoms with Gasteiger partial charge in [0.15, 0.2) is 11.7 Å². The zero-order valence-corrected chi connectivity index (χ0v) is 15.6. The lowest BCUT2D eigenvalue weighted by molar-refractivity contribution is -0.454. The Morgan fingerprint density at radius 3 is 2.63 bits per heavy atom. The Kier molecular flexibility index (Phi) is 3.36. The van der Waals surface area contributed by atoms with Crippen LogP contribution in [0.15, 0.2) is 0 Å². The first-order valence-electron chi connectivity index (χ1n) is 9.36. The van der Waals surface area contributed by atoms with Gasteiger partial charge >= 0.3 is 17.9 Å². The summed E-state index contributed by atoms with van der Waals surface area (Å²) in [5.74, 6) is -1.69. The Morgan fingerprint density at radius 1 is 1.19 bits per heavy atom. The fraction of sp³-hybridized carbons (Fsp3) is 0.833. The van der Waals surface area contributed by atoms with Gasteiger partial charge in [-0.3, -0.25) is 14.5 Å². The van der Waals surface area contributed by atoms with E-state index in [0.717, 1.165) is 6.42 Å². The third kappa shape index (κ3) is 1.74. The van der Waals surface area contributed by atoms with E-state index in [9.17, 15) is 14.4 Å². The molecule has 0 unspecified atom stereocenters. The van der Waals surface area contributed by atoms with Gasteiger partial charge < -0.3 is 14.2 Å². The minimum absolute atomic E-state index is 0.215. The van der Waals surface area contributed by atoms with E-state index >= 15 is 0 Å². The van der Waals surface area contributed by atoms with E-state index < -0.39 is 40.5 Å². The van der Waals surface area contributed by atoms with Crippen LogP contribution in [0, 0.1) is 16.7 Å². The highest BCUT2D eigenvalue weighted by Crippen LogP contribution is 2.72. The number of hydrogen-bond donors (Lipinski definition) is 0. The molecule has 4 aliphatic heterocycles. The van der Waals surface area contributed by atoms with Crippen molar-refractivity contribution in [2.45, 2.75) is 62.9 Å². The van der Waals surface area contributed by atoms with Gasteiger partial charge in [0.1, 0.15) is 6.10 Å². The van der Waals surface area contributed by atoms with Crippen molar-refractivity contribution in [3.8, 4) is 0 Å². The van der Waals surface area contributed by atoms with Crippen LogP contribution in [0.4, 0.5) is 0 Å². The molecule has 0 radical (unpaired) electrons. The number of nitrogens with zero attached hydrogens (tertiary/aromatic N) is 1. The lowest BCUT2D eigenvalue weighted by atomic mass is 9.41. The second-order valence-electron chi connectivity index (χ2n) is 8.47. The standard InChI is InChI=1S/C18H23NO8/c1-16(14(21)24-3)10-5-6-17-8-9-4-7-18(17,15(22)25-9)11(10)19(27-16)26-12(17)13(20)23-2/h9-12H,4-8H2,1-3H3/t9-,10-,11-,12+,16-,17+,18+/m0/s1. The van der Waals surface area contributed by atoms with Crippen molar-refractivity contribution in [1.29, 1.82) is 0 Å². The smallest absolute Gasteiger partial charge is 0.340 e. The summed E-state index contributed by atoms with van der Waals surface area (Å²) in [5.41, 5.74) is -2.96. The molecule has 0 aromatic rings. The van der Waals surface area contributed by atoms with Gasteiger partial charge in [-0.2, -0.15) is 0 Å². The van der Waals surface area contributed by atoms with E-state index in [1.54, 1.807) is 6.92 Å². The summed E-state index contributed by atoms with van der Waals surface area (Å²) >= 11 is 0. The van der Waals surface area contributed by atoms with Gasteiger partial charge in [0, 0.05) is 11.3 Å². The summed E-state index contributed by atoms with van der Waals surface area (Å²) < 4.78 is 15.6. The summed E-state index contributed by atoms with van der Waals surface area (Å²) in [6.07, 6.45) is 1.85. The van der Waals surface area contributed by atoms with Crippen LogP contribution in [0.5, 0.6) is 0 Å². The molecule has 148 valence electrons. The Balaban J connectivity index is 1.70. The molecule has 0 amide bonds. The molecule has 0 aromatic carbocycles. The number of hydrogen-bond acceptors (Lipinski definition) is 9. The summed E-state index contributed by atoms with van der Waals surface area (Å²) in [6, 6.07) is -0.509. The lowest BCUT2D eigenvalue weighted by Gasteiger charge is -2.67. The zero-order valence-electron chi connectivity index (χ0n) is 15.6. The summed E-state index contributed by atoms with van der Waals surface area (Å²) in [4.78, 5) is 50.3. The quantitative estimate of drug-likeness (QED) is 0.500. The SMILES string of the molecule is COC(=O)[C@H]1ON2O[C@](C)(C(=O)OC)[C@H]3CC[C@@]14C[C@@H]1CC[C@]4(C(=O)O1)[C@H]32. The fourth-order valence-electron chi connectivity index (χ4n) is 6.54. The average Bonchev–Trinajstić information content (AvgIpc) is 3.00. The van der Waals surface area contributed by atoms with Crippen LogP contribution < -0.4 is 0 Å². The van der Waals surface area contributed by atoms with Crippen LogP contribution in [-0.2, 0) is 38.3 Å². The number of esters is 3. The minimum atomic E-state index is -1.29. The second kappa shape index (κ2) is 5.21. The molecule has 4 heterocycles. The topological polar surface area (TPSA) is 101 Å². The Morgan fingerprint density at radius 2 is 1.96 bits per heavy atom. The first-order chi connectivity index (χ1) is 12.8. The van der Waals surface area contributed by atoms with E-state index in [2.05, 4.69) is 0 Å². The number of fused-ring (bicyclic) bond motifs is 2. The molecule has 4 saturated heterocycles. The number of hydroxylamine groups is 2. The van der Waals surface area contributed by atoms with Crippen LogP contribution in [0.2, 0.25) is 0 Å². The molecule has 27 heavy (non-hydrogen) atoms. The maximum Gasteiger partial charge on any atom is 0.340 e. The third-order valence-electron chi connectivity index (χ3n) is 7.70. The summed E-state index contributed by atoms with van der Waals surface area (Å²) in [7, 11) is 2.60. The van der Waals surface area contributed by atoms with Crippen molar-refractivity contribution in [2.75, 3.05) is 14.2 Å². The molecular weight excluding hydrogens is 358 g/mol. The zero-order chi connectivity index (χ0) is 19.2. The molecule has 2 saturated carbocycles. The highest BCUT2D eigenvalue weighted by Gasteiger charge is 2.82. The van der Waals surface area contributed by atoms with Gasteiger partial charge in [-0.25, -0.2) is 9.59 Å². The largest absolute Gasteiger partial charge is 0.467 e. The number of ether oxygens (including phenoxy) is 3. The number of carbonyl (C=O) groups excluding carboxylic acids is 3. The maximum atomic E-state index is 13.2. The van der Waals surface area contributed by atoms with Crippen molar-refractivity contribution >= 4 is 17.9 Å². The van der Waals surface area contributed by atoms with Gasteiger partial charge in [-0.1, -0.05) is 5.23 Å². The predicted molar refractivity (Wildman–Crippen MR) is 85.3 cm³/mol. The van der Waals surface area contributed by atoms with Gasteiger partial charge in [-0.05, 0) is 39.0 Å². The van der Waals surface area contributed by atoms with Crippen molar-refractivity contribution in [3.05, 3.63) is 0 Å². The molecule has 9 nitrogen and oxygen atoms in total. The van der Waals surface area contributed by atoms with E-state index in [4.69, 9.17) is 23.9 Å². The normalized spacial score (nSPS) is 50.0. The molecule has 0 N–H and O–H groups in total. The van der Waals surface area contributed by atoms with Gasteiger partial charge in [0.2, 0.25) is 0 Å². The third-order valence-corrected chi connectivity index (χ3v) is 7.70. The molecule has 2 aliphatic carbocycles. The average molecular weight is 381 g/mol. The van der Waals surface area contributed by atoms with Crippen molar-refractivity contribution in [2.24, 2.45) is 16.7 Å². The Bertz CT molecular complexity index is 741. The monoisotopic (exact) mass is 381 g/mol. The molecule has 1 spiro atoms. The first kappa shape index (κ1) is 17.4. The highest BCUT2D eigenvalue weighted by atomic mass is 17.0. The number of methoxy groups -OCH3 is 2. The summed E-state index contributed by atoms with van der Waals surface area (Å²) in [5, 5.41) is 1.20. The van der Waals surface area contributed by atoms with Gasteiger partial charge in [-0.15, -0.1) is 0 Å². The summed E-state index contributed by atoms with van der Waals surface area (Å²) in [6.45, 7) is 1.65. The second-order valence-corrected chi connectivity index (χ2v) is 8.47. The molecule has 9 heteroatoms. The van der Waals surface area contributed by atoms with Crippen LogP contribution in [0.1, 0.15) is 39.0 Å². The first-order valence-corrected chi connectivity index (χ1v) is 9.36. The number of carbonyl (C=O) groups is 3. The van der Waals surface area contributed by atoms with Crippen LogP contribution in [-0.4, -0.2) is 61.2 Å². The van der Waals surface area contributed by atoms with Gasteiger partial charge in [0.05, 0.1) is 25.7 Å². The molecule has 6 rings (SSSR count). The van der Waals surface area contributed by atoms with Crippen molar-refractivity contribution in [3.63, 3.8) is 0 Å². The minimum Gasteiger partial charge on any atom is -0.467 e. The molecule has 7 atom stereocenters. The van der Waals surface area contributed by atoms with Crippen LogP contribution in [0.3, 0.4) is 0 Å². The van der Waals surface area contributed by atoms with Crippen molar-refractivity contribution in [1.82, 2.24) is 5.23 Å². The van der Waals surface area contributed by atoms with E-state index in [0.29, 0.717) is 25.7 Å². The lowest BCUT2D eigenvalue weighted by Crippen LogP contribution is -2.77. The molecule has 6 fully saturated rings. The van der Waals surface area contributed by atoms with E-state index in [1.165, 1.54) is 19.4 Å². The molecule has 6 aliphatic rings. The predicted octanol–water partition coefficient (Wildman–Crippen LogP) is 0.513. The number of rotatable bonds is 2. The van der Waals surface area contributed by atoms with Crippen molar-refractivity contribution < 1.29 is 38.3 Å². The molecule has 4 bridgehead atoms. The Hall–Kier alpha value is -1.71. The van der Waals surface area contributed by atoms with Crippen LogP contribution in [0.25, 0.3) is 0 Å². The fourth-order valence-corrected chi connectivity index (χ4v) is 6.54. The van der Waals surface area contributed by atoms with E-state index in [1.807, 2.05) is 0 Å². The molecular formula is C18H23NO8. The Labute approximate surface area is 156 Å².